The Morgan fingerprint density at radius 1 is 1.00 bits per heavy atom. The smallest absolute Gasteiger partial charge is 0.323 e. The highest BCUT2D eigenvalue weighted by Crippen LogP contribution is 2.18. The van der Waals surface area contributed by atoms with E-state index in [-0.39, 0.29) is 25.4 Å². The molecule has 1 amide bonds. The fourth-order valence-electron chi connectivity index (χ4n) is 2.93. The third-order valence-corrected chi connectivity index (χ3v) is 4.73. The van der Waals surface area contributed by atoms with Crippen molar-refractivity contribution in [3.63, 3.8) is 0 Å². The predicted octanol–water partition coefficient (Wildman–Crippen LogP) is 2.60. The van der Waals surface area contributed by atoms with Crippen LogP contribution in [0, 0.1) is 0 Å². The van der Waals surface area contributed by atoms with Gasteiger partial charge in [0.05, 0.1) is 7.11 Å². The van der Waals surface area contributed by atoms with Gasteiger partial charge in [-0.15, -0.1) is 0 Å². The average molecular weight is 440 g/mol. The van der Waals surface area contributed by atoms with Gasteiger partial charge >= 0.3 is 11.9 Å². The Morgan fingerprint density at radius 2 is 1.69 bits per heavy atom. The van der Waals surface area contributed by atoms with Gasteiger partial charge in [0, 0.05) is 29.9 Å². The first-order chi connectivity index (χ1) is 15.4. The topological polar surface area (TPSA) is 138 Å². The number of hydrogen-bond donors (Lipinski definition) is 3. The van der Waals surface area contributed by atoms with E-state index < -0.39 is 17.9 Å². The van der Waals surface area contributed by atoms with Crippen molar-refractivity contribution in [1.82, 2.24) is 4.98 Å². The minimum Gasteiger partial charge on any atom is -0.469 e. The van der Waals surface area contributed by atoms with Gasteiger partial charge in [0.15, 0.2) is 0 Å². The number of amides is 1. The molecule has 0 aliphatic heterocycles. The summed E-state index contributed by atoms with van der Waals surface area (Å²) in [7, 11) is 1.41. The van der Waals surface area contributed by atoms with E-state index in [9.17, 15) is 14.4 Å². The van der Waals surface area contributed by atoms with Gasteiger partial charge in [-0.1, -0.05) is 48.5 Å². The minimum absolute atomic E-state index is 0.0849. The van der Waals surface area contributed by atoms with E-state index in [1.807, 2.05) is 54.7 Å². The number of hydrogen-bond acceptors (Lipinski definition) is 6. The standard InChI is InChI=1S/C12H16N2O3.C12H13NO2/c13-10(6-7-11(14)15)12(16)17-8-9-4-2-1-3-5-9;1-15-12(14)7-6-9-8-13-11-5-3-2-4-10(9)11/h1-5,10H,6-8,13H2,(H2,14,15);2-5,8,13H,6-7H2,1H3. The maximum Gasteiger partial charge on any atom is 0.323 e. The summed E-state index contributed by atoms with van der Waals surface area (Å²) in [4.78, 5) is 36.1. The summed E-state index contributed by atoms with van der Waals surface area (Å²) in [5, 5.41) is 1.18. The third kappa shape index (κ3) is 8.23. The lowest BCUT2D eigenvalue weighted by Gasteiger charge is -2.10. The van der Waals surface area contributed by atoms with Gasteiger partial charge < -0.3 is 25.9 Å². The Balaban J connectivity index is 0.000000228. The maximum absolute atomic E-state index is 11.4. The van der Waals surface area contributed by atoms with E-state index in [0.29, 0.717) is 6.42 Å². The molecule has 3 aromatic rings. The molecule has 8 heteroatoms. The molecule has 5 N–H and O–H groups in total. The third-order valence-electron chi connectivity index (χ3n) is 4.73. The summed E-state index contributed by atoms with van der Waals surface area (Å²) in [6.45, 7) is 0.184. The molecule has 170 valence electrons. The Bertz CT molecular complexity index is 1020. The fourth-order valence-corrected chi connectivity index (χ4v) is 2.93. The number of aryl methyl sites for hydroxylation is 1. The number of methoxy groups -OCH3 is 1. The second-order valence-electron chi connectivity index (χ2n) is 7.14. The molecule has 0 saturated carbocycles. The van der Waals surface area contributed by atoms with Crippen LogP contribution < -0.4 is 11.5 Å². The monoisotopic (exact) mass is 439 g/mol. The fraction of sp³-hybridized carbons (Fsp3) is 0.292. The number of rotatable bonds is 9. The van der Waals surface area contributed by atoms with Gasteiger partial charge in [0.2, 0.25) is 5.91 Å². The maximum atomic E-state index is 11.4. The first-order valence-electron chi connectivity index (χ1n) is 10.3. The van der Waals surface area contributed by atoms with Crippen molar-refractivity contribution in [3.8, 4) is 0 Å². The van der Waals surface area contributed by atoms with Crippen LogP contribution in [0.15, 0.2) is 60.8 Å². The van der Waals surface area contributed by atoms with E-state index >= 15 is 0 Å². The van der Waals surface area contributed by atoms with Gasteiger partial charge in [0.25, 0.3) is 0 Å². The molecule has 0 spiro atoms. The molecule has 1 heterocycles. The first kappa shape index (κ1) is 24.6. The first-order valence-corrected chi connectivity index (χ1v) is 10.3. The zero-order chi connectivity index (χ0) is 23.3. The van der Waals surface area contributed by atoms with Crippen LogP contribution in [0.1, 0.15) is 30.4 Å². The quantitative estimate of drug-likeness (QED) is 0.438. The van der Waals surface area contributed by atoms with Gasteiger partial charge in [-0.25, -0.2) is 0 Å². The molecule has 0 bridgehead atoms. The van der Waals surface area contributed by atoms with Crippen molar-refractivity contribution < 1.29 is 23.9 Å². The Kier molecular flexibility index (Phi) is 9.93. The number of para-hydroxylation sites is 1. The van der Waals surface area contributed by atoms with Crippen molar-refractivity contribution >= 4 is 28.7 Å². The van der Waals surface area contributed by atoms with E-state index in [1.54, 1.807) is 0 Å². The lowest BCUT2D eigenvalue weighted by Crippen LogP contribution is -2.33. The van der Waals surface area contributed by atoms with Crippen LogP contribution >= 0.6 is 0 Å². The van der Waals surface area contributed by atoms with Crippen molar-refractivity contribution in [1.29, 1.82) is 0 Å². The van der Waals surface area contributed by atoms with Crippen LogP contribution in [0.4, 0.5) is 0 Å². The number of fused-ring (bicyclic) bond motifs is 1. The van der Waals surface area contributed by atoms with E-state index in [2.05, 4.69) is 15.8 Å². The van der Waals surface area contributed by atoms with E-state index in [0.717, 1.165) is 23.1 Å². The molecule has 0 aliphatic carbocycles. The number of nitrogens with two attached hydrogens (primary N) is 2. The molecule has 0 saturated heterocycles. The Hall–Kier alpha value is -3.65. The Labute approximate surface area is 186 Å². The number of esters is 2. The zero-order valence-electron chi connectivity index (χ0n) is 18.1. The molecule has 32 heavy (non-hydrogen) atoms. The van der Waals surface area contributed by atoms with Crippen molar-refractivity contribution in [2.45, 2.75) is 38.3 Å². The molecule has 8 nitrogen and oxygen atoms in total. The van der Waals surface area contributed by atoms with Gasteiger partial charge in [-0.3, -0.25) is 14.4 Å². The number of aromatic nitrogens is 1. The summed E-state index contributed by atoms with van der Waals surface area (Å²) >= 11 is 0. The molecule has 2 aromatic carbocycles. The minimum atomic E-state index is -0.800. The van der Waals surface area contributed by atoms with Crippen LogP contribution in [0.3, 0.4) is 0 Å². The van der Waals surface area contributed by atoms with Crippen LogP contribution in [0.5, 0.6) is 0 Å². The SMILES string of the molecule is COC(=O)CCc1c[nH]c2ccccc12.NC(=O)CCC(N)C(=O)OCc1ccccc1. The van der Waals surface area contributed by atoms with Crippen LogP contribution in [0.25, 0.3) is 10.9 Å². The molecular formula is C24H29N3O5. The number of carbonyl (C=O) groups is 3. The molecule has 1 atom stereocenters. The summed E-state index contributed by atoms with van der Waals surface area (Å²) in [6, 6.07) is 16.6. The Morgan fingerprint density at radius 3 is 2.38 bits per heavy atom. The average Bonchev–Trinajstić information content (AvgIpc) is 3.23. The van der Waals surface area contributed by atoms with Gasteiger partial charge in [-0.05, 0) is 30.0 Å². The molecule has 0 fully saturated rings. The number of H-pyrrole nitrogens is 1. The number of aromatic amines is 1. The van der Waals surface area contributed by atoms with Crippen molar-refractivity contribution in [2.75, 3.05) is 7.11 Å². The van der Waals surface area contributed by atoms with E-state index in [1.165, 1.54) is 12.5 Å². The summed E-state index contributed by atoms with van der Waals surface area (Å²) in [6.07, 6.45) is 3.40. The molecular weight excluding hydrogens is 410 g/mol. The highest BCUT2D eigenvalue weighted by molar-refractivity contribution is 5.83. The predicted molar refractivity (Wildman–Crippen MR) is 121 cm³/mol. The molecule has 0 radical (unpaired) electrons. The second kappa shape index (κ2) is 12.9. The van der Waals surface area contributed by atoms with Crippen molar-refractivity contribution in [2.24, 2.45) is 11.5 Å². The van der Waals surface area contributed by atoms with Gasteiger partial charge in [-0.2, -0.15) is 0 Å². The molecule has 1 aromatic heterocycles. The van der Waals surface area contributed by atoms with E-state index in [4.69, 9.17) is 16.2 Å². The number of primary amides is 1. The lowest BCUT2D eigenvalue weighted by atomic mass is 10.1. The van der Waals surface area contributed by atoms with Crippen LogP contribution in [-0.2, 0) is 36.9 Å². The van der Waals surface area contributed by atoms with Gasteiger partial charge in [0.1, 0.15) is 12.6 Å². The normalized spacial score (nSPS) is 11.2. The highest BCUT2D eigenvalue weighted by atomic mass is 16.5. The number of carbonyl (C=O) groups excluding carboxylic acids is 3. The van der Waals surface area contributed by atoms with Crippen LogP contribution in [-0.4, -0.2) is 36.0 Å². The number of benzene rings is 2. The van der Waals surface area contributed by atoms with Crippen LogP contribution in [0.2, 0.25) is 0 Å². The number of ether oxygens (including phenoxy) is 2. The number of nitrogens with one attached hydrogen (secondary N) is 1. The molecule has 0 aliphatic rings. The summed E-state index contributed by atoms with van der Waals surface area (Å²) < 4.78 is 9.62. The second-order valence-corrected chi connectivity index (χ2v) is 7.14. The highest BCUT2D eigenvalue weighted by Gasteiger charge is 2.15. The lowest BCUT2D eigenvalue weighted by molar-refractivity contribution is -0.146. The summed E-state index contributed by atoms with van der Waals surface area (Å²) in [5.41, 5.74) is 13.7. The zero-order valence-corrected chi connectivity index (χ0v) is 18.1. The molecule has 3 rings (SSSR count). The molecule has 1 unspecified atom stereocenters. The largest absolute Gasteiger partial charge is 0.469 e. The van der Waals surface area contributed by atoms with Crippen molar-refractivity contribution in [3.05, 3.63) is 71.9 Å². The summed E-state index contributed by atoms with van der Waals surface area (Å²) in [5.74, 6) is -1.16.